The average molecular weight is 300 g/mol. The number of carboxylic acids is 1. The van der Waals surface area contributed by atoms with Crippen LogP contribution in [0.2, 0.25) is 5.15 Å². The van der Waals surface area contributed by atoms with Crippen LogP contribution in [0.25, 0.3) is 0 Å². The number of halogens is 1. The van der Waals surface area contributed by atoms with Gasteiger partial charge in [0.05, 0.1) is 5.69 Å². The number of hydrogen-bond acceptors (Lipinski definition) is 3. The molecule has 20 heavy (non-hydrogen) atoms. The second-order valence-electron chi connectivity index (χ2n) is 5.59. The van der Waals surface area contributed by atoms with E-state index in [1.807, 2.05) is 13.8 Å². The summed E-state index contributed by atoms with van der Waals surface area (Å²) in [5, 5.41) is 14.6. The van der Waals surface area contributed by atoms with Gasteiger partial charge in [-0.2, -0.15) is 5.10 Å². The summed E-state index contributed by atoms with van der Waals surface area (Å²) < 4.78 is 1.64. The minimum absolute atomic E-state index is 0.560. The quantitative estimate of drug-likeness (QED) is 0.908. The number of likely N-dealkylation sites (tertiary alicyclic amines) is 1. The van der Waals surface area contributed by atoms with Crippen molar-refractivity contribution >= 4 is 17.6 Å². The monoisotopic (exact) mass is 299 g/mol. The third kappa shape index (κ3) is 2.44. The fourth-order valence-electron chi connectivity index (χ4n) is 3.26. The van der Waals surface area contributed by atoms with Crippen LogP contribution in [0, 0.1) is 6.92 Å². The Balaban J connectivity index is 2.29. The smallest absolute Gasteiger partial charge is 0.324 e. The lowest BCUT2D eigenvalue weighted by Gasteiger charge is -2.34. The second-order valence-corrected chi connectivity index (χ2v) is 5.95. The maximum atomic E-state index is 11.8. The molecule has 0 radical (unpaired) electrons. The van der Waals surface area contributed by atoms with Gasteiger partial charge >= 0.3 is 5.97 Å². The van der Waals surface area contributed by atoms with E-state index in [0.29, 0.717) is 24.5 Å². The van der Waals surface area contributed by atoms with Gasteiger partial charge in [0.2, 0.25) is 0 Å². The van der Waals surface area contributed by atoms with E-state index in [2.05, 4.69) is 10.00 Å². The third-order valence-corrected chi connectivity index (χ3v) is 4.78. The molecule has 1 aromatic rings. The van der Waals surface area contributed by atoms with Crippen LogP contribution in [-0.4, -0.2) is 37.8 Å². The molecule has 1 N–H and O–H groups in total. The van der Waals surface area contributed by atoms with Crippen LogP contribution in [0.5, 0.6) is 0 Å². The lowest BCUT2D eigenvalue weighted by Crippen LogP contribution is -2.50. The number of carbonyl (C=O) groups is 1. The number of hydrogen-bond donors (Lipinski definition) is 1. The van der Waals surface area contributed by atoms with Crippen molar-refractivity contribution in [1.82, 2.24) is 14.7 Å². The molecule has 0 aliphatic carbocycles. The van der Waals surface area contributed by atoms with Gasteiger partial charge in [-0.25, -0.2) is 0 Å². The van der Waals surface area contributed by atoms with Gasteiger partial charge in [-0.3, -0.25) is 14.4 Å². The van der Waals surface area contributed by atoms with Crippen molar-refractivity contribution in [3.63, 3.8) is 0 Å². The van der Waals surface area contributed by atoms with Crippen molar-refractivity contribution in [3.05, 3.63) is 16.4 Å². The molecule has 1 unspecified atom stereocenters. The van der Waals surface area contributed by atoms with Crippen LogP contribution in [0.3, 0.4) is 0 Å². The highest BCUT2D eigenvalue weighted by Gasteiger charge is 2.47. The maximum Gasteiger partial charge on any atom is 0.324 e. The Morgan fingerprint density at radius 1 is 1.55 bits per heavy atom. The Kier molecular flexibility index (Phi) is 4.39. The first-order valence-electron chi connectivity index (χ1n) is 7.08. The van der Waals surface area contributed by atoms with E-state index >= 15 is 0 Å². The largest absolute Gasteiger partial charge is 0.480 e. The molecule has 1 atom stereocenters. The SMILES string of the molecule is CCCC1(C(=O)O)CCCN1Cc1c(C)nn(C)c1Cl. The molecule has 1 aromatic heterocycles. The molecular weight excluding hydrogens is 278 g/mol. The zero-order chi connectivity index (χ0) is 14.9. The predicted molar refractivity (Wildman–Crippen MR) is 77.9 cm³/mol. The minimum atomic E-state index is -0.736. The van der Waals surface area contributed by atoms with Crippen LogP contribution in [0.1, 0.15) is 43.9 Å². The summed E-state index contributed by atoms with van der Waals surface area (Å²) in [5.74, 6) is -0.713. The summed E-state index contributed by atoms with van der Waals surface area (Å²) in [5.41, 5.74) is 1.08. The van der Waals surface area contributed by atoms with E-state index < -0.39 is 11.5 Å². The van der Waals surface area contributed by atoms with E-state index in [-0.39, 0.29) is 0 Å². The van der Waals surface area contributed by atoms with Gasteiger partial charge < -0.3 is 5.11 Å². The van der Waals surface area contributed by atoms with E-state index in [0.717, 1.165) is 30.6 Å². The van der Waals surface area contributed by atoms with Gasteiger partial charge in [-0.15, -0.1) is 0 Å². The molecule has 0 saturated carbocycles. The van der Waals surface area contributed by atoms with Gasteiger partial charge in [0.1, 0.15) is 10.7 Å². The van der Waals surface area contributed by atoms with E-state index in [1.54, 1.807) is 11.7 Å². The number of aliphatic carboxylic acids is 1. The number of carboxylic acid groups (broad SMARTS) is 1. The highest BCUT2D eigenvalue weighted by atomic mass is 35.5. The first kappa shape index (κ1) is 15.3. The van der Waals surface area contributed by atoms with Crippen molar-refractivity contribution in [1.29, 1.82) is 0 Å². The molecule has 2 rings (SSSR count). The molecule has 1 aliphatic heterocycles. The lowest BCUT2D eigenvalue weighted by molar-refractivity contribution is -0.150. The Hall–Kier alpha value is -1.07. The average Bonchev–Trinajstić information content (AvgIpc) is 2.88. The first-order chi connectivity index (χ1) is 9.42. The van der Waals surface area contributed by atoms with Crippen molar-refractivity contribution < 1.29 is 9.90 Å². The van der Waals surface area contributed by atoms with Crippen LogP contribution in [0.4, 0.5) is 0 Å². The van der Waals surface area contributed by atoms with Crippen molar-refractivity contribution in [2.24, 2.45) is 7.05 Å². The third-order valence-electron chi connectivity index (χ3n) is 4.30. The number of nitrogens with zero attached hydrogens (tertiary/aromatic N) is 3. The lowest BCUT2D eigenvalue weighted by atomic mass is 9.90. The second kappa shape index (κ2) is 5.74. The van der Waals surface area contributed by atoms with Crippen LogP contribution in [-0.2, 0) is 18.4 Å². The summed E-state index contributed by atoms with van der Waals surface area (Å²) in [6.45, 7) is 5.31. The van der Waals surface area contributed by atoms with Crippen LogP contribution < -0.4 is 0 Å². The van der Waals surface area contributed by atoms with E-state index in [4.69, 9.17) is 11.6 Å². The van der Waals surface area contributed by atoms with Gasteiger partial charge in [0, 0.05) is 19.2 Å². The molecule has 0 bridgehead atoms. The Morgan fingerprint density at radius 3 is 2.75 bits per heavy atom. The predicted octanol–water partition coefficient (Wildman–Crippen LogP) is 2.60. The van der Waals surface area contributed by atoms with E-state index in [9.17, 15) is 9.90 Å². The zero-order valence-corrected chi connectivity index (χ0v) is 13.1. The Labute approximate surface area is 124 Å². The van der Waals surface area contributed by atoms with Crippen molar-refractivity contribution in [2.45, 2.75) is 51.6 Å². The molecule has 6 heteroatoms. The molecule has 2 heterocycles. The fraction of sp³-hybridized carbons (Fsp3) is 0.714. The molecular formula is C14H22ClN3O2. The minimum Gasteiger partial charge on any atom is -0.480 e. The molecule has 0 spiro atoms. The van der Waals surface area contributed by atoms with Gasteiger partial charge in [0.15, 0.2) is 0 Å². The highest BCUT2D eigenvalue weighted by Crippen LogP contribution is 2.36. The van der Waals surface area contributed by atoms with Gasteiger partial charge in [0.25, 0.3) is 0 Å². The van der Waals surface area contributed by atoms with Crippen LogP contribution >= 0.6 is 11.6 Å². The summed E-state index contributed by atoms with van der Waals surface area (Å²) in [6, 6.07) is 0. The molecule has 0 amide bonds. The van der Waals surface area contributed by atoms with Gasteiger partial charge in [-0.1, -0.05) is 24.9 Å². The zero-order valence-electron chi connectivity index (χ0n) is 12.3. The first-order valence-corrected chi connectivity index (χ1v) is 7.46. The normalized spacial score (nSPS) is 23.4. The summed E-state index contributed by atoms with van der Waals surface area (Å²) in [6.07, 6.45) is 3.18. The summed E-state index contributed by atoms with van der Waals surface area (Å²) in [4.78, 5) is 13.9. The van der Waals surface area contributed by atoms with E-state index in [1.165, 1.54) is 0 Å². The molecule has 1 fully saturated rings. The van der Waals surface area contributed by atoms with Gasteiger partial charge in [-0.05, 0) is 32.7 Å². The van der Waals surface area contributed by atoms with Crippen LogP contribution in [0.15, 0.2) is 0 Å². The Morgan fingerprint density at radius 2 is 2.25 bits per heavy atom. The maximum absolute atomic E-state index is 11.8. The number of rotatable bonds is 5. The topological polar surface area (TPSA) is 58.4 Å². The summed E-state index contributed by atoms with van der Waals surface area (Å²) >= 11 is 6.27. The molecule has 1 saturated heterocycles. The van der Waals surface area contributed by atoms with Crippen molar-refractivity contribution in [2.75, 3.05) is 6.54 Å². The molecule has 0 aromatic carbocycles. The highest BCUT2D eigenvalue weighted by molar-refractivity contribution is 6.30. The van der Waals surface area contributed by atoms with Crippen molar-refractivity contribution in [3.8, 4) is 0 Å². The summed E-state index contributed by atoms with van der Waals surface area (Å²) in [7, 11) is 1.80. The standard InChI is InChI=1S/C14H22ClN3O2/c1-4-6-14(13(19)20)7-5-8-18(14)9-11-10(2)16-17(3)12(11)15/h4-9H2,1-3H3,(H,19,20). The Bertz CT molecular complexity index is 515. The number of aromatic nitrogens is 2. The molecule has 1 aliphatic rings. The fourth-order valence-corrected chi connectivity index (χ4v) is 3.49. The number of aryl methyl sites for hydroxylation is 2. The molecule has 5 nitrogen and oxygen atoms in total. The molecule has 112 valence electrons.